The van der Waals surface area contributed by atoms with Gasteiger partial charge in [-0.25, -0.2) is 0 Å². The first-order chi connectivity index (χ1) is 8.97. The van der Waals surface area contributed by atoms with E-state index >= 15 is 0 Å². The minimum atomic E-state index is -0.781. The average Bonchev–Trinajstić information content (AvgIpc) is 2.73. The summed E-state index contributed by atoms with van der Waals surface area (Å²) in [6, 6.07) is 7.32. The normalized spacial score (nSPS) is 25.8. The quantitative estimate of drug-likeness (QED) is 0.894. The van der Waals surface area contributed by atoms with Crippen molar-refractivity contribution in [2.75, 3.05) is 5.32 Å². The molecule has 0 aliphatic heterocycles. The molecule has 1 saturated carbocycles. The van der Waals surface area contributed by atoms with Gasteiger partial charge >= 0.3 is 5.97 Å². The van der Waals surface area contributed by atoms with E-state index in [4.69, 9.17) is 5.26 Å². The van der Waals surface area contributed by atoms with Gasteiger partial charge in [0.05, 0.1) is 16.7 Å². The molecular weight excluding hydrogens is 308 g/mol. The van der Waals surface area contributed by atoms with Crippen molar-refractivity contribution in [2.24, 2.45) is 5.41 Å². The lowest BCUT2D eigenvalue weighted by atomic mass is 9.84. The van der Waals surface area contributed by atoms with Gasteiger partial charge in [0.1, 0.15) is 6.07 Å². The molecule has 2 N–H and O–H groups in total. The van der Waals surface area contributed by atoms with E-state index in [1.165, 1.54) is 0 Å². The highest BCUT2D eigenvalue weighted by Crippen LogP contribution is 2.40. The van der Waals surface area contributed by atoms with Crippen molar-refractivity contribution < 1.29 is 9.90 Å². The molecule has 100 valence electrons. The molecular formula is C14H15BrN2O2. The molecule has 0 spiro atoms. The second kappa shape index (κ2) is 5.22. The summed E-state index contributed by atoms with van der Waals surface area (Å²) < 4.78 is 0.865. The zero-order valence-electron chi connectivity index (χ0n) is 10.6. The molecule has 2 unspecified atom stereocenters. The molecule has 0 radical (unpaired) electrons. The predicted molar refractivity (Wildman–Crippen MR) is 75.9 cm³/mol. The highest BCUT2D eigenvalue weighted by atomic mass is 79.9. The van der Waals surface area contributed by atoms with Crippen molar-refractivity contribution in [1.82, 2.24) is 0 Å². The molecule has 2 atom stereocenters. The SMILES string of the molecule is CC1(C(=O)O)CCCC1Nc1cc(Br)ccc1C#N. The maximum atomic E-state index is 11.4. The second-order valence-corrected chi connectivity index (χ2v) is 6.03. The van der Waals surface area contributed by atoms with Gasteiger partial charge in [0.2, 0.25) is 0 Å². The van der Waals surface area contributed by atoms with Crippen LogP contribution in [0.4, 0.5) is 5.69 Å². The maximum Gasteiger partial charge on any atom is 0.311 e. The van der Waals surface area contributed by atoms with E-state index in [0.717, 1.165) is 17.3 Å². The van der Waals surface area contributed by atoms with Crippen molar-refractivity contribution in [1.29, 1.82) is 5.26 Å². The third-order valence-corrected chi connectivity index (χ3v) is 4.37. The van der Waals surface area contributed by atoms with Crippen LogP contribution < -0.4 is 5.32 Å². The minimum Gasteiger partial charge on any atom is -0.481 e. The van der Waals surface area contributed by atoms with E-state index in [2.05, 4.69) is 27.3 Å². The third-order valence-electron chi connectivity index (χ3n) is 3.88. The van der Waals surface area contributed by atoms with Crippen LogP contribution >= 0.6 is 15.9 Å². The lowest BCUT2D eigenvalue weighted by molar-refractivity contribution is -0.147. The number of carbonyl (C=O) groups is 1. The van der Waals surface area contributed by atoms with Crippen LogP contribution in [0.25, 0.3) is 0 Å². The number of aliphatic carboxylic acids is 1. The number of halogens is 1. The number of rotatable bonds is 3. The highest BCUT2D eigenvalue weighted by Gasteiger charge is 2.45. The van der Waals surface area contributed by atoms with E-state index in [1.54, 1.807) is 19.1 Å². The lowest BCUT2D eigenvalue weighted by Gasteiger charge is -2.29. The number of carboxylic acids is 1. The van der Waals surface area contributed by atoms with Gasteiger partial charge in [-0.3, -0.25) is 4.79 Å². The molecule has 1 fully saturated rings. The van der Waals surface area contributed by atoms with Crippen LogP contribution in [0.1, 0.15) is 31.7 Å². The number of nitrogens with zero attached hydrogens (tertiary/aromatic N) is 1. The van der Waals surface area contributed by atoms with Gasteiger partial charge in [-0.05, 0) is 38.0 Å². The van der Waals surface area contributed by atoms with Crippen LogP contribution in [0, 0.1) is 16.7 Å². The summed E-state index contributed by atoms with van der Waals surface area (Å²) >= 11 is 3.37. The Kier molecular flexibility index (Phi) is 3.81. The molecule has 2 rings (SSSR count). The van der Waals surface area contributed by atoms with Crippen molar-refractivity contribution in [3.05, 3.63) is 28.2 Å². The van der Waals surface area contributed by atoms with E-state index < -0.39 is 11.4 Å². The molecule has 0 aromatic heterocycles. The summed E-state index contributed by atoms with van der Waals surface area (Å²) in [6.45, 7) is 1.77. The van der Waals surface area contributed by atoms with Crippen LogP contribution in [-0.2, 0) is 4.79 Å². The number of hydrogen-bond acceptors (Lipinski definition) is 3. The molecule has 1 aromatic rings. The van der Waals surface area contributed by atoms with Crippen LogP contribution in [0.3, 0.4) is 0 Å². The van der Waals surface area contributed by atoms with Crippen molar-refractivity contribution in [3.8, 4) is 6.07 Å². The van der Waals surface area contributed by atoms with Crippen molar-refractivity contribution >= 4 is 27.6 Å². The topological polar surface area (TPSA) is 73.1 Å². The monoisotopic (exact) mass is 322 g/mol. The summed E-state index contributed by atoms with van der Waals surface area (Å²) in [5.74, 6) is -0.781. The van der Waals surface area contributed by atoms with E-state index in [1.807, 2.05) is 6.07 Å². The number of hydrogen-bond donors (Lipinski definition) is 2. The Balaban J connectivity index is 2.29. The summed E-state index contributed by atoms with van der Waals surface area (Å²) in [5, 5.41) is 21.7. The van der Waals surface area contributed by atoms with Crippen molar-refractivity contribution in [2.45, 2.75) is 32.2 Å². The molecule has 0 heterocycles. The summed E-state index contributed by atoms with van der Waals surface area (Å²) in [6.07, 6.45) is 2.35. The smallest absolute Gasteiger partial charge is 0.311 e. The number of anilines is 1. The van der Waals surface area contributed by atoms with Gasteiger partial charge in [0, 0.05) is 10.5 Å². The first-order valence-electron chi connectivity index (χ1n) is 6.17. The van der Waals surface area contributed by atoms with Gasteiger partial charge < -0.3 is 10.4 Å². The van der Waals surface area contributed by atoms with E-state index in [0.29, 0.717) is 17.7 Å². The largest absolute Gasteiger partial charge is 0.481 e. The Morgan fingerprint density at radius 3 is 3.00 bits per heavy atom. The molecule has 0 saturated heterocycles. The zero-order valence-corrected chi connectivity index (χ0v) is 12.2. The molecule has 1 aliphatic rings. The Hall–Kier alpha value is -1.54. The summed E-state index contributed by atoms with van der Waals surface area (Å²) in [5.41, 5.74) is 0.453. The Bertz CT molecular complexity index is 553. The first kappa shape index (κ1) is 13.9. The number of carboxylic acid groups (broad SMARTS) is 1. The fourth-order valence-electron chi connectivity index (χ4n) is 2.57. The first-order valence-corrected chi connectivity index (χ1v) is 6.96. The molecule has 0 amide bonds. The molecule has 1 aliphatic carbocycles. The van der Waals surface area contributed by atoms with Gasteiger partial charge in [-0.1, -0.05) is 22.4 Å². The average molecular weight is 323 g/mol. The van der Waals surface area contributed by atoms with Gasteiger partial charge in [0.25, 0.3) is 0 Å². The lowest BCUT2D eigenvalue weighted by Crippen LogP contribution is -2.40. The fourth-order valence-corrected chi connectivity index (χ4v) is 2.94. The molecule has 4 nitrogen and oxygen atoms in total. The summed E-state index contributed by atoms with van der Waals surface area (Å²) in [4.78, 5) is 11.4. The van der Waals surface area contributed by atoms with E-state index in [-0.39, 0.29) is 6.04 Å². The second-order valence-electron chi connectivity index (χ2n) is 5.11. The Morgan fingerprint density at radius 1 is 1.63 bits per heavy atom. The highest BCUT2D eigenvalue weighted by molar-refractivity contribution is 9.10. The standard InChI is InChI=1S/C14H15BrN2O2/c1-14(13(18)19)6-2-3-12(14)17-11-7-10(15)5-4-9(11)8-16/h4-5,7,12,17H,2-3,6H2,1H3,(H,18,19). The van der Waals surface area contributed by atoms with E-state index in [9.17, 15) is 9.90 Å². The van der Waals surface area contributed by atoms with Gasteiger partial charge in [-0.2, -0.15) is 5.26 Å². The Labute approximate surface area is 120 Å². The maximum absolute atomic E-state index is 11.4. The molecule has 1 aromatic carbocycles. The molecule has 0 bridgehead atoms. The van der Waals surface area contributed by atoms with Crippen LogP contribution in [-0.4, -0.2) is 17.1 Å². The Morgan fingerprint density at radius 2 is 2.37 bits per heavy atom. The van der Waals surface area contributed by atoms with Crippen molar-refractivity contribution in [3.63, 3.8) is 0 Å². The third kappa shape index (κ3) is 2.59. The van der Waals surface area contributed by atoms with Gasteiger partial charge in [0.15, 0.2) is 0 Å². The van der Waals surface area contributed by atoms with Crippen LogP contribution in [0.5, 0.6) is 0 Å². The van der Waals surface area contributed by atoms with Crippen LogP contribution in [0.2, 0.25) is 0 Å². The molecule has 5 heteroatoms. The number of nitrogens with one attached hydrogen (secondary N) is 1. The molecule has 19 heavy (non-hydrogen) atoms. The zero-order chi connectivity index (χ0) is 14.0. The minimum absolute atomic E-state index is 0.147. The number of nitriles is 1. The number of benzene rings is 1. The van der Waals surface area contributed by atoms with Gasteiger partial charge in [-0.15, -0.1) is 0 Å². The predicted octanol–water partition coefficient (Wildman–Crippen LogP) is 3.38. The fraction of sp³-hybridized carbons (Fsp3) is 0.429. The van der Waals surface area contributed by atoms with Crippen LogP contribution in [0.15, 0.2) is 22.7 Å². The summed E-state index contributed by atoms with van der Waals surface area (Å²) in [7, 11) is 0.